The number of aliphatic hydroxyl groups is 1. The molecule has 5 heteroatoms. The number of nitrogens with zero attached hydrogens (tertiary/aromatic N) is 1. The Morgan fingerprint density at radius 1 is 1.40 bits per heavy atom. The Morgan fingerprint density at radius 3 is 2.80 bits per heavy atom. The van der Waals surface area contributed by atoms with E-state index in [4.69, 9.17) is 4.74 Å². The lowest BCUT2D eigenvalue weighted by Crippen LogP contribution is -2.32. The molecule has 1 aliphatic rings. The van der Waals surface area contributed by atoms with Gasteiger partial charge in [-0.1, -0.05) is 45.1 Å². The minimum Gasteiger partial charge on any atom is -0.503 e. The van der Waals surface area contributed by atoms with Gasteiger partial charge in [0.05, 0.1) is 11.6 Å². The third-order valence-corrected chi connectivity index (χ3v) is 4.22. The Morgan fingerprint density at radius 2 is 2.16 bits per heavy atom. The van der Waals surface area contributed by atoms with Gasteiger partial charge < -0.3 is 14.7 Å². The first-order valence-electron chi connectivity index (χ1n) is 8.66. The minimum absolute atomic E-state index is 0.185. The standard InChI is InChI=1S/C20H25NO4/c1-4-7-11-21-18(17(16(22)6-3)19(23)20(21)24)14-9-8-10-15(13-14)25-12-5-2/h5,8-10,13,18,23H,2,4,6-7,11-12H2,1,3H3. The van der Waals surface area contributed by atoms with Gasteiger partial charge in [-0.15, -0.1) is 0 Å². The van der Waals surface area contributed by atoms with Crippen LogP contribution < -0.4 is 4.74 Å². The van der Waals surface area contributed by atoms with Crippen LogP contribution >= 0.6 is 0 Å². The summed E-state index contributed by atoms with van der Waals surface area (Å²) in [5.74, 6) is -0.486. The summed E-state index contributed by atoms with van der Waals surface area (Å²) in [5, 5.41) is 10.3. The highest BCUT2D eigenvalue weighted by molar-refractivity contribution is 6.08. The number of amides is 1. The predicted octanol–water partition coefficient (Wildman–Crippen LogP) is 3.73. The van der Waals surface area contributed by atoms with Gasteiger partial charge in [0, 0.05) is 13.0 Å². The number of carbonyl (C=O) groups excluding carboxylic acids is 2. The summed E-state index contributed by atoms with van der Waals surface area (Å²) in [6, 6.07) is 6.71. The lowest BCUT2D eigenvalue weighted by Gasteiger charge is -2.27. The van der Waals surface area contributed by atoms with Crippen molar-refractivity contribution in [1.82, 2.24) is 4.90 Å². The molecule has 0 fully saturated rings. The van der Waals surface area contributed by atoms with Crippen LogP contribution in [0.3, 0.4) is 0 Å². The van der Waals surface area contributed by atoms with Crippen molar-refractivity contribution in [3.63, 3.8) is 0 Å². The van der Waals surface area contributed by atoms with Gasteiger partial charge in [0.2, 0.25) is 0 Å². The molecule has 0 radical (unpaired) electrons. The molecule has 1 atom stereocenters. The van der Waals surface area contributed by atoms with Crippen LogP contribution in [0.5, 0.6) is 5.75 Å². The molecule has 134 valence electrons. The maximum Gasteiger partial charge on any atom is 0.290 e. The van der Waals surface area contributed by atoms with E-state index in [-0.39, 0.29) is 17.8 Å². The Kier molecular flexibility index (Phi) is 6.39. The molecule has 1 N–H and O–H groups in total. The van der Waals surface area contributed by atoms with Gasteiger partial charge in [-0.25, -0.2) is 0 Å². The van der Waals surface area contributed by atoms with Crippen LogP contribution in [0.15, 0.2) is 48.3 Å². The first kappa shape index (κ1) is 18.8. The van der Waals surface area contributed by atoms with Gasteiger partial charge in [0.1, 0.15) is 12.4 Å². The molecule has 25 heavy (non-hydrogen) atoms. The molecule has 5 nitrogen and oxygen atoms in total. The normalized spacial score (nSPS) is 17.1. The van der Waals surface area contributed by atoms with Crippen LogP contribution in [-0.4, -0.2) is 34.8 Å². The fourth-order valence-electron chi connectivity index (χ4n) is 2.96. The van der Waals surface area contributed by atoms with Crippen LogP contribution in [0.2, 0.25) is 0 Å². The zero-order valence-electron chi connectivity index (χ0n) is 14.8. The van der Waals surface area contributed by atoms with E-state index in [1.54, 1.807) is 17.9 Å². The number of aliphatic hydroxyl groups excluding tert-OH is 1. The molecule has 0 aromatic heterocycles. The van der Waals surface area contributed by atoms with Crippen LogP contribution in [0.1, 0.15) is 44.7 Å². The third-order valence-electron chi connectivity index (χ3n) is 4.22. The number of ether oxygens (including phenoxy) is 1. The van der Waals surface area contributed by atoms with Crippen LogP contribution in [0.25, 0.3) is 0 Å². The van der Waals surface area contributed by atoms with E-state index in [0.717, 1.165) is 18.4 Å². The number of ketones is 1. The fourth-order valence-corrected chi connectivity index (χ4v) is 2.96. The van der Waals surface area contributed by atoms with Crippen molar-refractivity contribution < 1.29 is 19.4 Å². The molecular formula is C20H25NO4. The topological polar surface area (TPSA) is 66.8 Å². The van der Waals surface area contributed by atoms with E-state index < -0.39 is 17.7 Å². The number of Topliss-reactive ketones (excluding diaryl/α,β-unsaturated/α-hetero) is 1. The van der Waals surface area contributed by atoms with Crippen LogP contribution in [0, 0.1) is 0 Å². The second-order valence-electron chi connectivity index (χ2n) is 5.97. The number of carbonyl (C=O) groups is 2. The number of rotatable bonds is 9. The van der Waals surface area contributed by atoms with E-state index in [9.17, 15) is 14.7 Å². The second-order valence-corrected chi connectivity index (χ2v) is 5.97. The summed E-state index contributed by atoms with van der Waals surface area (Å²) < 4.78 is 5.56. The van der Waals surface area contributed by atoms with Crippen LogP contribution in [-0.2, 0) is 9.59 Å². The Balaban J connectivity index is 2.45. The first-order valence-corrected chi connectivity index (χ1v) is 8.66. The second kappa shape index (κ2) is 8.51. The Labute approximate surface area is 148 Å². The van der Waals surface area contributed by atoms with E-state index in [1.807, 2.05) is 31.2 Å². The number of hydrogen-bond donors (Lipinski definition) is 1. The van der Waals surface area contributed by atoms with E-state index in [2.05, 4.69) is 6.58 Å². The lowest BCUT2D eigenvalue weighted by molar-refractivity contribution is -0.129. The number of benzene rings is 1. The number of hydrogen-bond acceptors (Lipinski definition) is 4. The summed E-state index contributed by atoms with van der Waals surface area (Å²) in [6.45, 7) is 8.24. The average Bonchev–Trinajstić information content (AvgIpc) is 2.88. The molecule has 1 unspecified atom stereocenters. The maximum absolute atomic E-state index is 12.5. The van der Waals surface area contributed by atoms with Gasteiger partial charge in [0.25, 0.3) is 5.91 Å². The molecule has 0 bridgehead atoms. The quantitative estimate of drug-likeness (QED) is 0.694. The molecule has 2 rings (SSSR count). The summed E-state index contributed by atoms with van der Waals surface area (Å²) in [7, 11) is 0. The summed E-state index contributed by atoms with van der Waals surface area (Å²) in [5.41, 5.74) is 0.941. The predicted molar refractivity (Wildman–Crippen MR) is 96.4 cm³/mol. The van der Waals surface area contributed by atoms with Crippen molar-refractivity contribution in [2.45, 2.75) is 39.2 Å². The summed E-state index contributed by atoms with van der Waals surface area (Å²) in [4.78, 5) is 26.5. The van der Waals surface area contributed by atoms with E-state index >= 15 is 0 Å². The largest absolute Gasteiger partial charge is 0.503 e. The van der Waals surface area contributed by atoms with Gasteiger partial charge in [0.15, 0.2) is 11.5 Å². The zero-order valence-corrected chi connectivity index (χ0v) is 14.8. The first-order chi connectivity index (χ1) is 12.0. The van der Waals surface area contributed by atoms with Gasteiger partial charge >= 0.3 is 0 Å². The Bertz CT molecular complexity index is 693. The molecule has 1 amide bonds. The molecular weight excluding hydrogens is 318 g/mol. The van der Waals surface area contributed by atoms with E-state index in [1.165, 1.54) is 0 Å². The molecule has 1 aliphatic heterocycles. The minimum atomic E-state index is -0.571. The van der Waals surface area contributed by atoms with Gasteiger partial charge in [-0.2, -0.15) is 0 Å². The number of unbranched alkanes of at least 4 members (excludes halogenated alkanes) is 1. The van der Waals surface area contributed by atoms with Gasteiger partial charge in [-0.3, -0.25) is 9.59 Å². The highest BCUT2D eigenvalue weighted by atomic mass is 16.5. The summed E-state index contributed by atoms with van der Waals surface area (Å²) in [6.07, 6.45) is 3.60. The average molecular weight is 343 g/mol. The fraction of sp³-hybridized carbons (Fsp3) is 0.400. The van der Waals surface area contributed by atoms with Crippen molar-refractivity contribution in [1.29, 1.82) is 0 Å². The molecule has 0 saturated heterocycles. The smallest absolute Gasteiger partial charge is 0.290 e. The highest BCUT2D eigenvalue weighted by Crippen LogP contribution is 2.39. The summed E-state index contributed by atoms with van der Waals surface area (Å²) >= 11 is 0. The molecule has 1 aromatic carbocycles. The Hall–Kier alpha value is -2.56. The van der Waals surface area contributed by atoms with Crippen molar-refractivity contribution in [2.24, 2.45) is 0 Å². The monoisotopic (exact) mass is 343 g/mol. The highest BCUT2D eigenvalue weighted by Gasteiger charge is 2.42. The molecule has 0 aliphatic carbocycles. The zero-order chi connectivity index (χ0) is 18.4. The third kappa shape index (κ3) is 3.92. The van der Waals surface area contributed by atoms with Crippen molar-refractivity contribution >= 4 is 11.7 Å². The molecule has 1 heterocycles. The van der Waals surface area contributed by atoms with Crippen molar-refractivity contribution in [3.8, 4) is 5.75 Å². The van der Waals surface area contributed by atoms with Crippen LogP contribution in [0.4, 0.5) is 0 Å². The van der Waals surface area contributed by atoms with Gasteiger partial charge in [-0.05, 0) is 24.1 Å². The van der Waals surface area contributed by atoms with Crippen molar-refractivity contribution in [2.75, 3.05) is 13.2 Å². The molecule has 0 saturated carbocycles. The molecule has 0 spiro atoms. The van der Waals surface area contributed by atoms with Crippen molar-refractivity contribution in [3.05, 3.63) is 53.8 Å². The van der Waals surface area contributed by atoms with E-state index in [0.29, 0.717) is 18.9 Å². The lowest BCUT2D eigenvalue weighted by atomic mass is 9.95. The maximum atomic E-state index is 12.5. The molecule has 1 aromatic rings. The SMILES string of the molecule is C=CCOc1cccc(C2C(C(=O)CC)=C(O)C(=O)N2CCCC)c1.